The van der Waals surface area contributed by atoms with Crippen molar-refractivity contribution in [2.75, 3.05) is 18.6 Å². The molecule has 0 fully saturated rings. The molecule has 0 saturated carbocycles. The molecule has 4 rings (SSSR count). The second-order valence-electron chi connectivity index (χ2n) is 11.6. The van der Waals surface area contributed by atoms with Crippen molar-refractivity contribution in [3.63, 3.8) is 0 Å². The van der Waals surface area contributed by atoms with E-state index in [2.05, 4.69) is 0 Å². The maximum Gasteiger partial charge on any atom is 0.310 e. The van der Waals surface area contributed by atoms with Crippen LogP contribution in [-0.4, -0.2) is 47.0 Å². The molecule has 2 amide bonds. The van der Waals surface area contributed by atoms with Crippen LogP contribution in [0.25, 0.3) is 0 Å². The van der Waals surface area contributed by atoms with E-state index in [4.69, 9.17) is 9.84 Å². The Kier molecular flexibility index (Phi) is 10.3. The smallest absolute Gasteiger partial charge is 0.310 e. The summed E-state index contributed by atoms with van der Waals surface area (Å²) in [6.45, 7) is 13.7. The third-order valence-electron chi connectivity index (χ3n) is 6.99. The van der Waals surface area contributed by atoms with Gasteiger partial charge in [0.25, 0.3) is 11.8 Å². The standard InChI is InChI=1S/C30H31FN2O4.C4H10O/c1-6-37-27(34)15-24-19(3)25-16-33(30(36)22-8-7-9-23(31)14-22)17-26(25)20(4)28(24)32(5)29(35)21-12-10-18(2)11-13-21;1-4(2,3)5/h7-14H,6,15-17H2,1-5H3;5H,1-3H3. The molecule has 1 aliphatic rings. The molecule has 224 valence electrons. The highest BCUT2D eigenvalue weighted by Gasteiger charge is 2.33. The second-order valence-corrected chi connectivity index (χ2v) is 11.6. The molecule has 3 aromatic rings. The average molecular weight is 577 g/mol. The van der Waals surface area contributed by atoms with Gasteiger partial charge in [-0.3, -0.25) is 14.4 Å². The maximum absolute atomic E-state index is 13.8. The summed E-state index contributed by atoms with van der Waals surface area (Å²) in [5.74, 6) is -1.32. The Morgan fingerprint density at radius 2 is 1.52 bits per heavy atom. The fraction of sp³-hybridized carbons (Fsp3) is 0.382. The molecule has 7 nitrogen and oxygen atoms in total. The van der Waals surface area contributed by atoms with E-state index in [-0.39, 0.29) is 36.4 Å². The van der Waals surface area contributed by atoms with Crippen molar-refractivity contribution >= 4 is 23.5 Å². The lowest BCUT2D eigenvalue weighted by Crippen LogP contribution is -2.29. The Labute approximate surface area is 247 Å². The van der Waals surface area contributed by atoms with E-state index in [9.17, 15) is 18.8 Å². The number of halogens is 1. The first-order chi connectivity index (χ1) is 19.6. The number of hydrogen-bond donors (Lipinski definition) is 1. The summed E-state index contributed by atoms with van der Waals surface area (Å²) in [4.78, 5) is 42.5. The number of carbonyl (C=O) groups is 3. The highest BCUT2D eigenvalue weighted by atomic mass is 19.1. The van der Waals surface area contributed by atoms with Gasteiger partial charge in [0.2, 0.25) is 0 Å². The number of carbonyl (C=O) groups excluding carboxylic acids is 3. The molecule has 0 spiro atoms. The van der Waals surface area contributed by atoms with Gasteiger partial charge in [-0.1, -0.05) is 23.8 Å². The van der Waals surface area contributed by atoms with Crippen molar-refractivity contribution in [3.05, 3.63) is 98.9 Å². The number of aliphatic hydroxyl groups is 1. The zero-order chi connectivity index (χ0) is 31.4. The molecule has 0 radical (unpaired) electrons. The largest absolute Gasteiger partial charge is 0.466 e. The van der Waals surface area contributed by atoms with E-state index in [1.165, 1.54) is 18.2 Å². The van der Waals surface area contributed by atoms with Crippen LogP contribution in [-0.2, 0) is 29.0 Å². The van der Waals surface area contributed by atoms with E-state index in [1.807, 2.05) is 32.9 Å². The number of ether oxygens (including phenoxy) is 1. The molecule has 0 aliphatic carbocycles. The summed E-state index contributed by atoms with van der Waals surface area (Å²) in [5, 5.41) is 8.52. The first kappa shape index (κ1) is 32.5. The molecule has 1 N–H and O–H groups in total. The Morgan fingerprint density at radius 3 is 2.07 bits per heavy atom. The number of nitrogens with zero attached hydrogens (tertiary/aromatic N) is 2. The molecule has 3 aromatic carbocycles. The maximum atomic E-state index is 13.8. The molecule has 42 heavy (non-hydrogen) atoms. The van der Waals surface area contributed by atoms with Gasteiger partial charge in [-0.15, -0.1) is 0 Å². The number of benzene rings is 3. The number of anilines is 1. The van der Waals surface area contributed by atoms with E-state index < -0.39 is 11.4 Å². The number of esters is 1. The van der Waals surface area contributed by atoms with Crippen molar-refractivity contribution in [1.29, 1.82) is 0 Å². The topological polar surface area (TPSA) is 87.2 Å². The van der Waals surface area contributed by atoms with Gasteiger partial charge < -0.3 is 19.6 Å². The number of hydrogen-bond acceptors (Lipinski definition) is 5. The molecular formula is C34H41FN2O5. The normalized spacial score (nSPS) is 12.3. The second kappa shape index (κ2) is 13.3. The van der Waals surface area contributed by atoms with Crippen LogP contribution in [0.5, 0.6) is 0 Å². The van der Waals surface area contributed by atoms with Gasteiger partial charge in [-0.25, -0.2) is 4.39 Å². The molecule has 0 aromatic heterocycles. The molecule has 0 atom stereocenters. The summed E-state index contributed by atoms with van der Waals surface area (Å²) in [7, 11) is 1.70. The lowest BCUT2D eigenvalue weighted by molar-refractivity contribution is -0.142. The Balaban J connectivity index is 0.000000892. The number of amides is 2. The third-order valence-corrected chi connectivity index (χ3v) is 6.99. The monoisotopic (exact) mass is 576 g/mol. The van der Waals surface area contributed by atoms with Crippen molar-refractivity contribution < 1.29 is 28.6 Å². The Hall–Kier alpha value is -4.04. The number of rotatable bonds is 6. The first-order valence-electron chi connectivity index (χ1n) is 14.0. The zero-order valence-corrected chi connectivity index (χ0v) is 25.8. The summed E-state index contributed by atoms with van der Waals surface area (Å²) < 4.78 is 19.0. The van der Waals surface area contributed by atoms with E-state index in [0.29, 0.717) is 29.9 Å². The molecule has 0 unspecified atom stereocenters. The van der Waals surface area contributed by atoms with Crippen molar-refractivity contribution in [1.82, 2.24) is 4.90 Å². The average Bonchev–Trinajstić information content (AvgIpc) is 3.36. The molecular weight excluding hydrogens is 535 g/mol. The number of fused-ring (bicyclic) bond motifs is 1. The van der Waals surface area contributed by atoms with Gasteiger partial charge in [0.1, 0.15) is 5.82 Å². The molecule has 1 aliphatic heterocycles. The minimum absolute atomic E-state index is 0.00644. The van der Waals surface area contributed by atoms with Crippen LogP contribution in [0.1, 0.15) is 81.8 Å². The minimum atomic E-state index is -0.500. The van der Waals surface area contributed by atoms with Crippen LogP contribution < -0.4 is 4.90 Å². The first-order valence-corrected chi connectivity index (χ1v) is 14.0. The molecule has 8 heteroatoms. The molecule has 0 bridgehead atoms. The van der Waals surface area contributed by atoms with Crippen molar-refractivity contribution in [2.24, 2.45) is 0 Å². The van der Waals surface area contributed by atoms with Gasteiger partial charge in [0, 0.05) is 31.3 Å². The van der Waals surface area contributed by atoms with E-state index in [0.717, 1.165) is 27.8 Å². The minimum Gasteiger partial charge on any atom is -0.466 e. The highest BCUT2D eigenvalue weighted by molar-refractivity contribution is 6.07. The van der Waals surface area contributed by atoms with Gasteiger partial charge >= 0.3 is 5.97 Å². The molecule has 0 saturated heterocycles. The van der Waals surface area contributed by atoms with Crippen LogP contribution in [0.15, 0.2) is 48.5 Å². The van der Waals surface area contributed by atoms with Crippen molar-refractivity contribution in [3.8, 4) is 0 Å². The van der Waals surface area contributed by atoms with Crippen LogP contribution in [0, 0.1) is 26.6 Å². The summed E-state index contributed by atoms with van der Waals surface area (Å²) in [5.41, 5.74) is 6.29. The van der Waals surface area contributed by atoms with Crippen LogP contribution in [0.3, 0.4) is 0 Å². The van der Waals surface area contributed by atoms with Crippen LogP contribution in [0.2, 0.25) is 0 Å². The fourth-order valence-electron chi connectivity index (χ4n) is 5.01. The number of aryl methyl sites for hydroxylation is 1. The van der Waals surface area contributed by atoms with E-state index in [1.54, 1.807) is 62.7 Å². The predicted octanol–water partition coefficient (Wildman–Crippen LogP) is 6.07. The summed E-state index contributed by atoms with van der Waals surface area (Å²) in [6.07, 6.45) is 0.00644. The van der Waals surface area contributed by atoms with Gasteiger partial charge in [-0.05, 0) is 107 Å². The summed E-state index contributed by atoms with van der Waals surface area (Å²) in [6, 6.07) is 13.0. The zero-order valence-electron chi connectivity index (χ0n) is 25.8. The SMILES string of the molecule is CC(C)(C)O.CCOC(=O)Cc1c(C)c2c(c(C)c1N(C)C(=O)c1ccc(C)cc1)CN(C(=O)c1cccc(F)c1)C2. The van der Waals surface area contributed by atoms with E-state index >= 15 is 0 Å². The molecule has 1 heterocycles. The Bertz CT molecular complexity index is 1470. The van der Waals surface area contributed by atoms with Gasteiger partial charge in [-0.2, -0.15) is 0 Å². The van der Waals surface area contributed by atoms with Crippen LogP contribution in [0.4, 0.5) is 10.1 Å². The van der Waals surface area contributed by atoms with Gasteiger partial charge in [0.15, 0.2) is 0 Å². The highest BCUT2D eigenvalue weighted by Crippen LogP contribution is 2.39. The third kappa shape index (κ3) is 7.82. The predicted molar refractivity (Wildman–Crippen MR) is 162 cm³/mol. The quantitative estimate of drug-likeness (QED) is 0.360. The Morgan fingerprint density at radius 1 is 0.952 bits per heavy atom. The fourth-order valence-corrected chi connectivity index (χ4v) is 5.01. The van der Waals surface area contributed by atoms with Gasteiger partial charge in [0.05, 0.1) is 24.3 Å². The summed E-state index contributed by atoms with van der Waals surface area (Å²) >= 11 is 0. The van der Waals surface area contributed by atoms with Crippen molar-refractivity contribution in [2.45, 2.75) is 73.6 Å². The van der Waals surface area contributed by atoms with Crippen LogP contribution >= 0.6 is 0 Å². The lowest BCUT2D eigenvalue weighted by Gasteiger charge is -2.27. The lowest BCUT2D eigenvalue weighted by atomic mass is 9.90.